The maximum absolute atomic E-state index is 13.1. The van der Waals surface area contributed by atoms with Gasteiger partial charge in [-0.2, -0.15) is 0 Å². The van der Waals surface area contributed by atoms with Crippen molar-refractivity contribution in [3.63, 3.8) is 0 Å². The largest absolute Gasteiger partial charge is 0.349 e. The molecule has 0 aliphatic carbocycles. The Morgan fingerprint density at radius 1 is 1.38 bits per heavy atom. The lowest BCUT2D eigenvalue weighted by Gasteiger charge is -2.14. The van der Waals surface area contributed by atoms with Crippen LogP contribution in [0.25, 0.3) is 0 Å². The zero-order valence-corrected chi connectivity index (χ0v) is 12.4. The van der Waals surface area contributed by atoms with Gasteiger partial charge in [-0.15, -0.1) is 0 Å². The van der Waals surface area contributed by atoms with Gasteiger partial charge in [0.1, 0.15) is 11.0 Å². The van der Waals surface area contributed by atoms with Crippen molar-refractivity contribution in [2.75, 3.05) is 0 Å². The average molecular weight is 307 g/mol. The third-order valence-corrected chi connectivity index (χ3v) is 3.44. The number of aromatic nitrogens is 1. The minimum atomic E-state index is -0.582. The lowest BCUT2D eigenvalue weighted by molar-refractivity contribution is 0.0937. The number of aryl methyl sites for hydroxylation is 1. The summed E-state index contributed by atoms with van der Waals surface area (Å²) in [5.74, 6) is -0.992. The van der Waals surface area contributed by atoms with Crippen LogP contribution in [-0.4, -0.2) is 16.9 Å². The molecule has 3 nitrogen and oxygen atoms in total. The summed E-state index contributed by atoms with van der Waals surface area (Å²) >= 11 is 5.81. The van der Waals surface area contributed by atoms with E-state index in [0.29, 0.717) is 0 Å². The molecule has 1 heterocycles. The number of rotatable bonds is 5. The number of hydrogen-bond donors (Lipinski definition) is 1. The van der Waals surface area contributed by atoms with Crippen LogP contribution >= 0.6 is 11.6 Å². The minimum absolute atomic E-state index is 0.00385. The molecule has 21 heavy (non-hydrogen) atoms. The molecule has 1 atom stereocenters. The molecule has 2 aromatic rings. The molecule has 0 radical (unpaired) electrons. The van der Waals surface area contributed by atoms with Crippen molar-refractivity contribution in [1.29, 1.82) is 0 Å². The minimum Gasteiger partial charge on any atom is -0.349 e. The second-order valence-corrected chi connectivity index (χ2v) is 5.25. The fourth-order valence-electron chi connectivity index (χ4n) is 1.98. The molecule has 0 saturated carbocycles. The van der Waals surface area contributed by atoms with Crippen LogP contribution in [0, 0.1) is 5.82 Å². The Labute approximate surface area is 128 Å². The van der Waals surface area contributed by atoms with Crippen LogP contribution in [0.4, 0.5) is 4.39 Å². The first-order valence-electron chi connectivity index (χ1n) is 6.72. The van der Waals surface area contributed by atoms with Crippen LogP contribution in [0.3, 0.4) is 0 Å². The number of nitrogens with zero attached hydrogens (tertiary/aromatic N) is 1. The number of hydrogen-bond acceptors (Lipinski definition) is 2. The first-order valence-corrected chi connectivity index (χ1v) is 7.10. The van der Waals surface area contributed by atoms with Gasteiger partial charge in [0.25, 0.3) is 5.91 Å². The van der Waals surface area contributed by atoms with E-state index < -0.39 is 11.7 Å². The molecule has 0 fully saturated rings. The third-order valence-electron chi connectivity index (χ3n) is 3.14. The van der Waals surface area contributed by atoms with Crippen molar-refractivity contribution in [3.8, 4) is 0 Å². The van der Waals surface area contributed by atoms with Gasteiger partial charge in [0.2, 0.25) is 0 Å². The van der Waals surface area contributed by atoms with E-state index in [1.807, 2.05) is 37.3 Å². The van der Waals surface area contributed by atoms with Crippen molar-refractivity contribution < 1.29 is 9.18 Å². The van der Waals surface area contributed by atoms with Crippen LogP contribution in [0.2, 0.25) is 5.15 Å². The van der Waals surface area contributed by atoms with E-state index in [1.165, 1.54) is 5.56 Å². The van der Waals surface area contributed by atoms with Gasteiger partial charge in [-0.25, -0.2) is 9.37 Å². The predicted octanol–water partition coefficient (Wildman–Crippen LogP) is 3.63. The smallest absolute Gasteiger partial charge is 0.254 e. The van der Waals surface area contributed by atoms with Crippen LogP contribution in [0.1, 0.15) is 29.3 Å². The second-order valence-electron chi connectivity index (χ2n) is 4.89. The summed E-state index contributed by atoms with van der Waals surface area (Å²) in [4.78, 5) is 15.7. The van der Waals surface area contributed by atoms with E-state index >= 15 is 0 Å². The number of halogens is 2. The van der Waals surface area contributed by atoms with Crippen LogP contribution < -0.4 is 5.32 Å². The van der Waals surface area contributed by atoms with Crippen molar-refractivity contribution in [2.45, 2.75) is 25.8 Å². The van der Waals surface area contributed by atoms with Crippen LogP contribution in [-0.2, 0) is 6.42 Å². The third kappa shape index (κ3) is 4.53. The maximum Gasteiger partial charge on any atom is 0.254 e. The molecule has 0 bridgehead atoms. The van der Waals surface area contributed by atoms with Crippen molar-refractivity contribution in [2.24, 2.45) is 0 Å². The summed E-state index contributed by atoms with van der Waals surface area (Å²) in [5, 5.41) is 2.81. The average Bonchev–Trinajstić information content (AvgIpc) is 2.48. The Balaban J connectivity index is 1.91. The summed E-state index contributed by atoms with van der Waals surface area (Å²) in [6.07, 6.45) is 2.63. The zero-order valence-electron chi connectivity index (χ0n) is 11.6. The normalized spacial score (nSPS) is 12.0. The molecule has 1 amide bonds. The van der Waals surface area contributed by atoms with E-state index in [4.69, 9.17) is 11.6 Å². The molecule has 110 valence electrons. The molecule has 0 aliphatic rings. The molecule has 2 rings (SSSR count). The number of nitrogens with one attached hydrogen (secondary N) is 1. The molecule has 0 aliphatic heterocycles. The van der Waals surface area contributed by atoms with E-state index in [9.17, 15) is 9.18 Å². The Morgan fingerprint density at radius 2 is 2.10 bits per heavy atom. The second kappa shape index (κ2) is 7.18. The van der Waals surface area contributed by atoms with Gasteiger partial charge >= 0.3 is 0 Å². The first-order chi connectivity index (χ1) is 10.1. The Kier molecular flexibility index (Phi) is 5.28. The summed E-state index contributed by atoms with van der Waals surface area (Å²) in [5.41, 5.74) is 1.27. The number of carbonyl (C=O) groups excluding carboxylic acids is 1. The maximum atomic E-state index is 13.1. The number of amides is 1. The van der Waals surface area contributed by atoms with Gasteiger partial charge in [0.05, 0.1) is 11.8 Å². The first kappa shape index (κ1) is 15.4. The highest BCUT2D eigenvalue weighted by molar-refractivity contribution is 6.32. The molecule has 5 heteroatoms. The molecule has 0 spiro atoms. The van der Waals surface area contributed by atoms with Gasteiger partial charge in [-0.05, 0) is 31.4 Å². The van der Waals surface area contributed by atoms with Crippen LogP contribution in [0.15, 0.2) is 42.6 Å². The number of carbonyl (C=O) groups is 1. The Hall–Kier alpha value is -1.94. The zero-order chi connectivity index (χ0) is 15.2. The van der Waals surface area contributed by atoms with E-state index in [2.05, 4.69) is 10.3 Å². The molecule has 1 unspecified atom stereocenters. The van der Waals surface area contributed by atoms with E-state index in [-0.39, 0.29) is 16.8 Å². The highest BCUT2D eigenvalue weighted by Gasteiger charge is 2.15. The molecule has 1 aromatic carbocycles. The molecular weight excluding hydrogens is 291 g/mol. The molecule has 0 saturated heterocycles. The Morgan fingerprint density at radius 3 is 2.81 bits per heavy atom. The van der Waals surface area contributed by atoms with Gasteiger partial charge < -0.3 is 5.32 Å². The van der Waals surface area contributed by atoms with Gasteiger partial charge in [-0.3, -0.25) is 4.79 Å². The Bertz CT molecular complexity index is 619. The number of pyridine rings is 1. The fraction of sp³-hybridized carbons (Fsp3) is 0.250. The lowest BCUT2D eigenvalue weighted by atomic mass is 10.1. The van der Waals surface area contributed by atoms with E-state index in [0.717, 1.165) is 25.1 Å². The van der Waals surface area contributed by atoms with Gasteiger partial charge in [-0.1, -0.05) is 41.9 Å². The topological polar surface area (TPSA) is 42.0 Å². The standard InChI is InChI=1S/C16H16ClFN2O/c1-11(7-8-12-5-3-2-4-6-12)20-16(21)14-9-13(18)10-19-15(14)17/h2-6,9-11H,7-8H2,1H3,(H,20,21). The predicted molar refractivity (Wildman–Crippen MR) is 80.9 cm³/mol. The van der Waals surface area contributed by atoms with Crippen molar-refractivity contribution >= 4 is 17.5 Å². The van der Waals surface area contributed by atoms with Gasteiger partial charge in [0.15, 0.2) is 0 Å². The summed E-state index contributed by atoms with van der Waals surface area (Å²) < 4.78 is 13.1. The fourth-order valence-corrected chi connectivity index (χ4v) is 2.17. The lowest BCUT2D eigenvalue weighted by Crippen LogP contribution is -2.33. The summed E-state index contributed by atoms with van der Waals surface area (Å²) in [6.45, 7) is 1.90. The monoisotopic (exact) mass is 306 g/mol. The molecule has 1 N–H and O–H groups in total. The van der Waals surface area contributed by atoms with Crippen LogP contribution in [0.5, 0.6) is 0 Å². The molecular formula is C16H16ClFN2O. The van der Waals surface area contributed by atoms with E-state index in [1.54, 1.807) is 0 Å². The highest BCUT2D eigenvalue weighted by Crippen LogP contribution is 2.14. The quantitative estimate of drug-likeness (QED) is 0.857. The highest BCUT2D eigenvalue weighted by atomic mass is 35.5. The van der Waals surface area contributed by atoms with Gasteiger partial charge in [0, 0.05) is 6.04 Å². The van der Waals surface area contributed by atoms with Crippen molar-refractivity contribution in [3.05, 3.63) is 64.7 Å². The summed E-state index contributed by atoms with van der Waals surface area (Å²) in [6, 6.07) is 11.1. The SMILES string of the molecule is CC(CCc1ccccc1)NC(=O)c1cc(F)cnc1Cl. The van der Waals surface area contributed by atoms with Crippen molar-refractivity contribution in [1.82, 2.24) is 10.3 Å². The summed E-state index contributed by atoms with van der Waals surface area (Å²) in [7, 11) is 0. The number of benzene rings is 1. The molecule has 1 aromatic heterocycles.